The van der Waals surface area contributed by atoms with Crippen LogP contribution in [0.5, 0.6) is 0 Å². The second-order valence-corrected chi connectivity index (χ2v) is 7.14. The number of non-ortho nitro benzene ring substituents is 1. The number of amides is 1. The molecule has 0 aliphatic carbocycles. The highest BCUT2D eigenvalue weighted by molar-refractivity contribution is 7.80. The fraction of sp³-hybridized carbons (Fsp3) is 0.500. The zero-order valence-electron chi connectivity index (χ0n) is 14.1. The number of carbonyl (C=O) groups is 1. The van der Waals surface area contributed by atoms with Gasteiger partial charge in [-0.3, -0.25) is 14.9 Å². The van der Waals surface area contributed by atoms with Crippen molar-refractivity contribution in [1.29, 1.82) is 0 Å². The van der Waals surface area contributed by atoms with Crippen LogP contribution in [0.3, 0.4) is 0 Å². The Balaban J connectivity index is 1.90. The Morgan fingerprint density at radius 2 is 1.71 bits per heavy atom. The molecule has 130 valence electrons. The molecule has 1 N–H and O–H groups in total. The number of benzene rings is 1. The van der Waals surface area contributed by atoms with Crippen LogP contribution >= 0.6 is 12.2 Å². The molecule has 0 saturated carbocycles. The van der Waals surface area contributed by atoms with E-state index in [9.17, 15) is 14.9 Å². The topological polar surface area (TPSA) is 78.7 Å². The molecule has 0 spiro atoms. The van der Waals surface area contributed by atoms with Crippen LogP contribution in [0.1, 0.15) is 20.8 Å². The predicted octanol–water partition coefficient (Wildman–Crippen LogP) is 2.16. The Morgan fingerprint density at radius 3 is 2.17 bits per heavy atom. The number of hydrogen-bond acceptors (Lipinski definition) is 5. The largest absolute Gasteiger partial charge is 0.368 e. The molecule has 1 fully saturated rings. The summed E-state index contributed by atoms with van der Waals surface area (Å²) >= 11 is 5.32. The molecule has 8 heteroatoms. The fourth-order valence-corrected chi connectivity index (χ4v) is 2.59. The van der Waals surface area contributed by atoms with Crippen molar-refractivity contribution < 1.29 is 9.72 Å². The SMILES string of the molecule is CC(C)(C)C(=O)NC(=S)N1CCN(c2ccc([N+](=O)[O-])cc2)CC1. The maximum Gasteiger partial charge on any atom is 0.269 e. The van der Waals surface area contributed by atoms with Gasteiger partial charge in [0.15, 0.2) is 5.11 Å². The number of carbonyl (C=O) groups excluding carboxylic acids is 1. The van der Waals surface area contributed by atoms with Gasteiger partial charge in [-0.1, -0.05) is 20.8 Å². The molecule has 2 rings (SSSR count). The summed E-state index contributed by atoms with van der Waals surface area (Å²) in [4.78, 5) is 26.4. The molecule has 1 heterocycles. The maximum atomic E-state index is 12.0. The van der Waals surface area contributed by atoms with Crippen LogP contribution in [0.15, 0.2) is 24.3 Å². The van der Waals surface area contributed by atoms with Gasteiger partial charge in [0.1, 0.15) is 0 Å². The average Bonchev–Trinajstić information content (AvgIpc) is 2.54. The highest BCUT2D eigenvalue weighted by atomic mass is 32.1. The second kappa shape index (κ2) is 7.12. The first-order chi connectivity index (χ1) is 11.2. The summed E-state index contributed by atoms with van der Waals surface area (Å²) in [7, 11) is 0. The minimum atomic E-state index is -0.482. The Labute approximate surface area is 146 Å². The molecule has 1 aromatic carbocycles. The van der Waals surface area contributed by atoms with Crippen LogP contribution in [0.2, 0.25) is 0 Å². The van der Waals surface area contributed by atoms with Gasteiger partial charge in [-0.15, -0.1) is 0 Å². The number of piperazine rings is 1. The fourth-order valence-electron chi connectivity index (χ4n) is 2.32. The van der Waals surface area contributed by atoms with E-state index in [0.29, 0.717) is 18.2 Å². The lowest BCUT2D eigenvalue weighted by Crippen LogP contribution is -2.54. The molecule has 1 aliphatic rings. The minimum Gasteiger partial charge on any atom is -0.368 e. The monoisotopic (exact) mass is 350 g/mol. The van der Waals surface area contributed by atoms with Crippen molar-refractivity contribution in [3.8, 4) is 0 Å². The number of nitro benzene ring substituents is 1. The van der Waals surface area contributed by atoms with Crippen LogP contribution in [0, 0.1) is 15.5 Å². The molecule has 1 amide bonds. The van der Waals surface area contributed by atoms with E-state index in [-0.39, 0.29) is 11.6 Å². The van der Waals surface area contributed by atoms with Gasteiger partial charge in [0.2, 0.25) is 5.91 Å². The van der Waals surface area contributed by atoms with Crippen molar-refractivity contribution in [1.82, 2.24) is 10.2 Å². The summed E-state index contributed by atoms with van der Waals surface area (Å²) in [6.07, 6.45) is 0. The van der Waals surface area contributed by atoms with Crippen molar-refractivity contribution in [2.75, 3.05) is 31.1 Å². The summed E-state index contributed by atoms with van der Waals surface area (Å²) in [6, 6.07) is 6.53. The summed E-state index contributed by atoms with van der Waals surface area (Å²) in [5.41, 5.74) is 0.554. The summed E-state index contributed by atoms with van der Waals surface area (Å²) in [6.45, 7) is 8.40. The van der Waals surface area contributed by atoms with Crippen molar-refractivity contribution in [2.45, 2.75) is 20.8 Å². The molecule has 0 aromatic heterocycles. The smallest absolute Gasteiger partial charge is 0.269 e. The highest BCUT2D eigenvalue weighted by Gasteiger charge is 2.25. The van der Waals surface area contributed by atoms with Crippen molar-refractivity contribution in [3.63, 3.8) is 0 Å². The van der Waals surface area contributed by atoms with Gasteiger partial charge in [0.25, 0.3) is 5.69 Å². The number of hydrogen-bond donors (Lipinski definition) is 1. The van der Waals surface area contributed by atoms with E-state index in [1.807, 2.05) is 25.7 Å². The number of nitro groups is 1. The molecule has 0 atom stereocenters. The molecule has 1 aliphatic heterocycles. The molecule has 0 radical (unpaired) electrons. The van der Waals surface area contributed by atoms with E-state index < -0.39 is 10.3 Å². The van der Waals surface area contributed by atoms with Crippen LogP contribution in [-0.4, -0.2) is 47.0 Å². The Hall–Kier alpha value is -2.22. The zero-order valence-corrected chi connectivity index (χ0v) is 14.9. The van der Waals surface area contributed by atoms with Gasteiger partial charge in [0, 0.05) is 49.4 Å². The van der Waals surface area contributed by atoms with Crippen molar-refractivity contribution in [3.05, 3.63) is 34.4 Å². The van der Waals surface area contributed by atoms with E-state index in [1.165, 1.54) is 12.1 Å². The van der Waals surface area contributed by atoms with Crippen molar-refractivity contribution >= 4 is 34.6 Å². The second-order valence-electron chi connectivity index (χ2n) is 6.76. The van der Waals surface area contributed by atoms with E-state index in [4.69, 9.17) is 12.2 Å². The standard InChI is InChI=1S/C16H22N4O3S/c1-16(2,3)14(21)17-15(24)19-10-8-18(9-11-19)12-4-6-13(7-5-12)20(22)23/h4-7H,8-11H2,1-3H3,(H,17,21,24). The highest BCUT2D eigenvalue weighted by Crippen LogP contribution is 2.21. The van der Waals surface area contributed by atoms with E-state index in [0.717, 1.165) is 18.8 Å². The number of thiocarbonyl (C=S) groups is 1. The Morgan fingerprint density at radius 1 is 1.17 bits per heavy atom. The molecule has 0 unspecified atom stereocenters. The third-order valence-corrected chi connectivity index (χ3v) is 4.25. The molecule has 7 nitrogen and oxygen atoms in total. The number of nitrogens with one attached hydrogen (secondary N) is 1. The van der Waals surface area contributed by atoms with Crippen LogP contribution in [-0.2, 0) is 4.79 Å². The van der Waals surface area contributed by atoms with Gasteiger partial charge < -0.3 is 15.1 Å². The third kappa shape index (κ3) is 4.41. The first kappa shape index (κ1) is 18.1. The zero-order chi connectivity index (χ0) is 17.9. The minimum absolute atomic E-state index is 0.0865. The van der Waals surface area contributed by atoms with Gasteiger partial charge in [-0.05, 0) is 24.4 Å². The Kier molecular flexibility index (Phi) is 5.38. The summed E-state index contributed by atoms with van der Waals surface area (Å²) < 4.78 is 0. The van der Waals surface area contributed by atoms with Crippen LogP contribution in [0.25, 0.3) is 0 Å². The molecular formula is C16H22N4O3S. The molecular weight excluding hydrogens is 328 g/mol. The third-order valence-electron chi connectivity index (χ3n) is 3.89. The number of rotatable bonds is 2. The predicted molar refractivity (Wildman–Crippen MR) is 97.1 cm³/mol. The van der Waals surface area contributed by atoms with Crippen molar-refractivity contribution in [2.24, 2.45) is 5.41 Å². The lowest BCUT2D eigenvalue weighted by molar-refractivity contribution is -0.384. The van der Waals surface area contributed by atoms with E-state index >= 15 is 0 Å². The van der Waals surface area contributed by atoms with E-state index in [1.54, 1.807) is 12.1 Å². The molecule has 1 saturated heterocycles. The number of nitrogens with zero attached hydrogens (tertiary/aromatic N) is 3. The average molecular weight is 350 g/mol. The molecule has 24 heavy (non-hydrogen) atoms. The van der Waals surface area contributed by atoms with E-state index in [2.05, 4.69) is 10.2 Å². The van der Waals surface area contributed by atoms with Gasteiger partial charge in [-0.2, -0.15) is 0 Å². The summed E-state index contributed by atoms with van der Waals surface area (Å²) in [5, 5.41) is 13.9. The Bertz CT molecular complexity index is 632. The van der Waals surface area contributed by atoms with Crippen LogP contribution in [0.4, 0.5) is 11.4 Å². The molecule has 1 aromatic rings. The number of anilines is 1. The summed E-state index contributed by atoms with van der Waals surface area (Å²) in [5.74, 6) is -0.0923. The van der Waals surface area contributed by atoms with Gasteiger partial charge in [-0.25, -0.2) is 0 Å². The lowest BCUT2D eigenvalue weighted by Gasteiger charge is -2.37. The normalized spacial score (nSPS) is 15.1. The first-order valence-corrected chi connectivity index (χ1v) is 8.19. The lowest BCUT2D eigenvalue weighted by atomic mass is 9.96. The quantitative estimate of drug-likeness (QED) is 0.500. The maximum absolute atomic E-state index is 12.0. The first-order valence-electron chi connectivity index (χ1n) is 7.78. The van der Waals surface area contributed by atoms with Crippen LogP contribution < -0.4 is 10.2 Å². The van der Waals surface area contributed by atoms with Gasteiger partial charge in [0.05, 0.1) is 4.92 Å². The van der Waals surface area contributed by atoms with Gasteiger partial charge >= 0.3 is 0 Å². The molecule has 0 bridgehead atoms.